The minimum Gasteiger partial charge on any atom is -1.00 e. The molecule has 1 nitrogen and oxygen atoms in total. The largest absolute Gasteiger partial charge is 1.00 e. The lowest BCUT2D eigenvalue weighted by molar-refractivity contribution is -0.00000502. The Kier molecular flexibility index (Phi) is 6.64. The molecule has 0 radical (unpaired) electrons. The average molecular weight is 426 g/mol. The number of halogens is 1. The van der Waals surface area contributed by atoms with Crippen LogP contribution >= 0.6 is 7.41 Å². The van der Waals surface area contributed by atoms with Gasteiger partial charge in [-0.25, -0.2) is 0 Å². The van der Waals surface area contributed by atoms with Crippen molar-refractivity contribution in [2.24, 2.45) is 0 Å². The monoisotopic (exact) mass is 425 g/mol. The molecule has 1 N–H and O–H groups in total. The van der Waals surface area contributed by atoms with Crippen LogP contribution in [-0.2, 0) is 0 Å². The lowest BCUT2D eigenvalue weighted by Crippen LogP contribution is -3.00. The van der Waals surface area contributed by atoms with Gasteiger partial charge in [-0.15, -0.1) is 0 Å². The minimum atomic E-state index is -1.85. The molecule has 4 rings (SSSR count). The van der Waals surface area contributed by atoms with E-state index in [0.717, 1.165) is 0 Å². The van der Waals surface area contributed by atoms with E-state index < -0.39 is 7.41 Å². The van der Waals surface area contributed by atoms with Gasteiger partial charge < -0.3 is 17.0 Å². The van der Waals surface area contributed by atoms with Gasteiger partial charge in [0.1, 0.15) is 15.9 Å². The molecule has 1 aliphatic rings. The Bertz CT molecular complexity index is 690. The fourth-order valence-corrected chi connectivity index (χ4v) is 7.96. The van der Waals surface area contributed by atoms with Crippen molar-refractivity contribution in [1.82, 2.24) is 5.09 Å². The summed E-state index contributed by atoms with van der Waals surface area (Å²) in [6, 6.07) is 33.8. The zero-order valence-corrected chi connectivity index (χ0v) is 17.4. The summed E-state index contributed by atoms with van der Waals surface area (Å²) in [4.78, 5) is 0. The van der Waals surface area contributed by atoms with Crippen LogP contribution in [0.3, 0.4) is 0 Å². The highest BCUT2D eigenvalue weighted by Crippen LogP contribution is 2.52. The van der Waals surface area contributed by atoms with Gasteiger partial charge in [0.15, 0.2) is 7.41 Å². The maximum atomic E-state index is 4.19. The standard InChI is InChI=1S/C23H25NP.BrH/c1-4-14-21(15-5-1)25(22-16-6-2-7-17-22,23-18-8-3-9-19-23)24-20-12-10-11-13-20;/h1-9,14-20,24H,10-13H2;1H/q+1;/p-1. The van der Waals surface area contributed by atoms with E-state index in [2.05, 4.69) is 96.1 Å². The molecular weight excluding hydrogens is 401 g/mol. The molecular formula is C23H25BrNP. The second-order valence-electron chi connectivity index (χ2n) is 6.79. The van der Waals surface area contributed by atoms with Crippen molar-refractivity contribution in [3.8, 4) is 0 Å². The molecule has 3 aromatic carbocycles. The van der Waals surface area contributed by atoms with Crippen LogP contribution in [0.15, 0.2) is 91.0 Å². The Balaban J connectivity index is 0.00000196. The normalized spacial score (nSPS) is 14.8. The second-order valence-corrected chi connectivity index (χ2v) is 9.94. The number of hydrogen-bond acceptors (Lipinski definition) is 1. The van der Waals surface area contributed by atoms with Gasteiger partial charge in [-0.3, -0.25) is 0 Å². The van der Waals surface area contributed by atoms with Gasteiger partial charge in [-0.1, -0.05) is 67.4 Å². The van der Waals surface area contributed by atoms with Crippen LogP contribution < -0.4 is 38.0 Å². The van der Waals surface area contributed by atoms with E-state index in [9.17, 15) is 0 Å². The molecule has 134 valence electrons. The number of benzene rings is 3. The first-order valence-corrected chi connectivity index (χ1v) is 11.0. The topological polar surface area (TPSA) is 12.0 Å². The van der Waals surface area contributed by atoms with Gasteiger partial charge in [-0.05, 0) is 49.2 Å². The molecule has 3 heteroatoms. The molecule has 26 heavy (non-hydrogen) atoms. The SMILES string of the molecule is [Br-].c1ccc([P+](NC2CCCC2)(c2ccccc2)c2ccccc2)cc1. The van der Waals surface area contributed by atoms with Crippen molar-refractivity contribution in [3.05, 3.63) is 91.0 Å². The van der Waals surface area contributed by atoms with Crippen molar-refractivity contribution in [1.29, 1.82) is 0 Å². The molecule has 3 aromatic rings. The molecule has 0 heterocycles. The van der Waals surface area contributed by atoms with Gasteiger partial charge in [0.25, 0.3) is 0 Å². The molecule has 0 amide bonds. The summed E-state index contributed by atoms with van der Waals surface area (Å²) in [5, 5.41) is 8.44. The maximum absolute atomic E-state index is 4.19. The minimum absolute atomic E-state index is 0. The Labute approximate surface area is 168 Å². The molecule has 0 aromatic heterocycles. The maximum Gasteiger partial charge on any atom is 0.178 e. The summed E-state index contributed by atoms with van der Waals surface area (Å²) < 4.78 is 0. The summed E-state index contributed by atoms with van der Waals surface area (Å²) in [6.45, 7) is 0. The molecule has 0 saturated heterocycles. The summed E-state index contributed by atoms with van der Waals surface area (Å²) in [6.07, 6.45) is 5.26. The Hall–Kier alpha value is -1.47. The smallest absolute Gasteiger partial charge is 0.178 e. The first-order valence-electron chi connectivity index (χ1n) is 9.23. The third kappa shape index (κ3) is 3.78. The van der Waals surface area contributed by atoms with Crippen LogP contribution in [0.1, 0.15) is 25.7 Å². The fourth-order valence-electron chi connectivity index (χ4n) is 3.95. The van der Waals surface area contributed by atoms with Crippen LogP contribution in [0.25, 0.3) is 0 Å². The molecule has 0 atom stereocenters. The summed E-state index contributed by atoms with van der Waals surface area (Å²) in [5.74, 6) is 0. The first-order chi connectivity index (χ1) is 12.4. The predicted molar refractivity (Wildman–Crippen MR) is 111 cm³/mol. The van der Waals surface area contributed by atoms with E-state index in [1.165, 1.54) is 41.6 Å². The highest BCUT2D eigenvalue weighted by atomic mass is 79.9. The molecule has 0 unspecified atom stereocenters. The number of nitrogens with one attached hydrogen (secondary N) is 1. The van der Waals surface area contributed by atoms with E-state index in [0.29, 0.717) is 6.04 Å². The lowest BCUT2D eigenvalue weighted by Gasteiger charge is -2.30. The van der Waals surface area contributed by atoms with Gasteiger partial charge in [0, 0.05) is 6.04 Å². The van der Waals surface area contributed by atoms with Gasteiger partial charge in [-0.2, -0.15) is 5.09 Å². The zero-order chi connectivity index (χ0) is 17.0. The Morgan fingerprint density at radius 1 is 0.577 bits per heavy atom. The summed E-state index contributed by atoms with van der Waals surface area (Å²) in [5.41, 5.74) is 0. The van der Waals surface area contributed by atoms with Crippen LogP contribution in [-0.4, -0.2) is 6.04 Å². The Morgan fingerprint density at radius 2 is 0.923 bits per heavy atom. The molecule has 1 fully saturated rings. The predicted octanol–water partition coefficient (Wildman–Crippen LogP) is 1.43. The average Bonchev–Trinajstić information content (AvgIpc) is 3.21. The van der Waals surface area contributed by atoms with Crippen molar-refractivity contribution in [3.63, 3.8) is 0 Å². The second kappa shape index (κ2) is 8.95. The molecule has 0 aliphatic heterocycles. The van der Waals surface area contributed by atoms with Crippen LogP contribution in [0.2, 0.25) is 0 Å². The third-order valence-corrected chi connectivity index (χ3v) is 9.13. The zero-order valence-electron chi connectivity index (χ0n) is 14.9. The van der Waals surface area contributed by atoms with Gasteiger partial charge >= 0.3 is 0 Å². The fraction of sp³-hybridized carbons (Fsp3) is 0.217. The molecule has 1 saturated carbocycles. The van der Waals surface area contributed by atoms with Crippen LogP contribution in [0, 0.1) is 0 Å². The van der Waals surface area contributed by atoms with E-state index >= 15 is 0 Å². The highest BCUT2D eigenvalue weighted by Gasteiger charge is 2.47. The van der Waals surface area contributed by atoms with E-state index in [1.807, 2.05) is 0 Å². The van der Waals surface area contributed by atoms with Crippen molar-refractivity contribution < 1.29 is 17.0 Å². The van der Waals surface area contributed by atoms with Crippen LogP contribution in [0.5, 0.6) is 0 Å². The highest BCUT2D eigenvalue weighted by molar-refractivity contribution is 7.94. The lowest BCUT2D eigenvalue weighted by atomic mass is 10.3. The number of hydrogen-bond donors (Lipinski definition) is 1. The molecule has 0 spiro atoms. The van der Waals surface area contributed by atoms with Crippen molar-refractivity contribution >= 4 is 23.3 Å². The van der Waals surface area contributed by atoms with Crippen molar-refractivity contribution in [2.75, 3.05) is 0 Å². The molecule has 1 aliphatic carbocycles. The quantitative estimate of drug-likeness (QED) is 0.609. The van der Waals surface area contributed by atoms with E-state index in [1.54, 1.807) is 0 Å². The first kappa shape index (κ1) is 19.3. The van der Waals surface area contributed by atoms with E-state index in [-0.39, 0.29) is 17.0 Å². The van der Waals surface area contributed by atoms with Crippen LogP contribution in [0.4, 0.5) is 0 Å². The number of rotatable bonds is 5. The van der Waals surface area contributed by atoms with Gasteiger partial charge in [0.05, 0.1) is 0 Å². The third-order valence-electron chi connectivity index (χ3n) is 5.16. The Morgan fingerprint density at radius 3 is 1.27 bits per heavy atom. The van der Waals surface area contributed by atoms with E-state index in [4.69, 9.17) is 0 Å². The van der Waals surface area contributed by atoms with Crippen molar-refractivity contribution in [2.45, 2.75) is 31.7 Å². The summed E-state index contributed by atoms with van der Waals surface area (Å²) in [7, 11) is -1.85. The summed E-state index contributed by atoms with van der Waals surface area (Å²) >= 11 is 0. The van der Waals surface area contributed by atoms with Gasteiger partial charge in [0.2, 0.25) is 0 Å². The molecule has 0 bridgehead atoms.